The van der Waals surface area contributed by atoms with Crippen LogP contribution in [0.5, 0.6) is 0 Å². The van der Waals surface area contributed by atoms with Gasteiger partial charge in [-0.1, -0.05) is 6.42 Å². The lowest BCUT2D eigenvalue weighted by molar-refractivity contribution is 0.410. The van der Waals surface area contributed by atoms with Crippen molar-refractivity contribution < 1.29 is 0 Å². The number of thiazole rings is 1. The molecule has 1 aliphatic carbocycles. The molecule has 88 valence electrons. The van der Waals surface area contributed by atoms with E-state index in [1.807, 2.05) is 11.3 Å². The highest BCUT2D eigenvalue weighted by Crippen LogP contribution is 2.39. The normalized spacial score (nSPS) is 25.9. The van der Waals surface area contributed by atoms with Crippen LogP contribution in [0.1, 0.15) is 53.6 Å². The Labute approximate surface area is 101 Å². The molecule has 0 aromatic carbocycles. The lowest BCUT2D eigenvalue weighted by atomic mass is 9.82. The van der Waals surface area contributed by atoms with Gasteiger partial charge in [-0.15, -0.1) is 11.3 Å². The van der Waals surface area contributed by atoms with Crippen LogP contribution in [-0.2, 0) is 6.42 Å². The van der Waals surface area contributed by atoms with Crippen molar-refractivity contribution in [2.24, 2.45) is 0 Å². The highest BCUT2D eigenvalue weighted by atomic mass is 32.1. The second kappa shape index (κ2) is 4.46. The van der Waals surface area contributed by atoms with Gasteiger partial charge in [0.2, 0.25) is 0 Å². The summed E-state index contributed by atoms with van der Waals surface area (Å²) in [4.78, 5) is 6.34. The van der Waals surface area contributed by atoms with Crippen molar-refractivity contribution in [3.63, 3.8) is 0 Å². The van der Waals surface area contributed by atoms with E-state index >= 15 is 0 Å². The van der Waals surface area contributed by atoms with E-state index in [1.165, 1.54) is 54.2 Å². The Morgan fingerprint density at radius 1 is 1.31 bits per heavy atom. The molecule has 2 heterocycles. The summed E-state index contributed by atoms with van der Waals surface area (Å²) >= 11 is 1.93. The topological polar surface area (TPSA) is 24.9 Å². The van der Waals surface area contributed by atoms with Gasteiger partial charge >= 0.3 is 0 Å². The van der Waals surface area contributed by atoms with Crippen LogP contribution in [0.4, 0.5) is 0 Å². The molecule has 1 saturated heterocycles. The predicted octanol–water partition coefficient (Wildman–Crippen LogP) is 3.01. The molecule has 3 heteroatoms. The van der Waals surface area contributed by atoms with Gasteiger partial charge in [0.25, 0.3) is 0 Å². The van der Waals surface area contributed by atoms with Crippen LogP contribution in [0.3, 0.4) is 0 Å². The molecule has 1 aliphatic heterocycles. The predicted molar refractivity (Wildman–Crippen MR) is 68.2 cm³/mol. The third-order valence-electron chi connectivity index (χ3n) is 3.95. The maximum absolute atomic E-state index is 4.87. The number of nitrogens with zero attached hydrogens (tertiary/aromatic N) is 1. The van der Waals surface area contributed by atoms with Gasteiger partial charge < -0.3 is 5.32 Å². The van der Waals surface area contributed by atoms with Crippen LogP contribution >= 0.6 is 11.3 Å². The Balaban J connectivity index is 1.70. The zero-order valence-electron chi connectivity index (χ0n) is 9.96. The minimum Gasteiger partial charge on any atom is -0.314 e. The monoisotopic (exact) mass is 236 g/mol. The lowest BCUT2D eigenvalue weighted by Gasteiger charge is -2.24. The molecule has 1 atom stereocenters. The Bertz CT molecular complexity index is 362. The zero-order valence-corrected chi connectivity index (χ0v) is 10.8. The zero-order chi connectivity index (χ0) is 11.0. The van der Waals surface area contributed by atoms with Crippen LogP contribution in [0.15, 0.2) is 0 Å². The number of rotatable bonds is 3. The van der Waals surface area contributed by atoms with Crippen LogP contribution in [0.25, 0.3) is 0 Å². The maximum atomic E-state index is 4.87. The van der Waals surface area contributed by atoms with E-state index in [2.05, 4.69) is 12.2 Å². The third kappa shape index (κ3) is 2.03. The summed E-state index contributed by atoms with van der Waals surface area (Å²) in [5, 5.41) is 4.92. The van der Waals surface area contributed by atoms with Gasteiger partial charge in [-0.05, 0) is 39.2 Å². The average molecular weight is 236 g/mol. The van der Waals surface area contributed by atoms with E-state index in [-0.39, 0.29) is 0 Å². The summed E-state index contributed by atoms with van der Waals surface area (Å²) in [5.74, 6) is 0.793. The maximum Gasteiger partial charge on any atom is 0.0946 e. The van der Waals surface area contributed by atoms with E-state index in [0.29, 0.717) is 6.04 Å². The minimum atomic E-state index is 0.694. The van der Waals surface area contributed by atoms with Crippen LogP contribution in [0, 0.1) is 6.92 Å². The fourth-order valence-electron chi connectivity index (χ4n) is 2.75. The highest BCUT2D eigenvalue weighted by molar-refractivity contribution is 7.11. The van der Waals surface area contributed by atoms with Gasteiger partial charge in [0, 0.05) is 23.3 Å². The largest absolute Gasteiger partial charge is 0.314 e. The first-order valence-corrected chi connectivity index (χ1v) is 7.34. The second-order valence-corrected chi connectivity index (χ2v) is 6.46. The van der Waals surface area contributed by atoms with Crippen molar-refractivity contribution in [1.82, 2.24) is 10.3 Å². The fraction of sp³-hybridized carbons (Fsp3) is 0.769. The van der Waals surface area contributed by atoms with Crippen LogP contribution < -0.4 is 5.32 Å². The summed E-state index contributed by atoms with van der Waals surface area (Å²) in [5.41, 5.74) is 1.42. The van der Waals surface area contributed by atoms with Gasteiger partial charge in [-0.3, -0.25) is 0 Å². The van der Waals surface area contributed by atoms with Crippen molar-refractivity contribution in [2.45, 2.75) is 57.4 Å². The van der Waals surface area contributed by atoms with Gasteiger partial charge in [0.05, 0.1) is 10.7 Å². The molecule has 0 spiro atoms. The molecule has 0 radical (unpaired) electrons. The summed E-state index contributed by atoms with van der Waals surface area (Å²) in [7, 11) is 0. The van der Waals surface area contributed by atoms with Crippen molar-refractivity contribution in [3.05, 3.63) is 15.6 Å². The van der Waals surface area contributed by atoms with Gasteiger partial charge in [-0.2, -0.15) is 0 Å². The first-order chi connectivity index (χ1) is 7.83. The third-order valence-corrected chi connectivity index (χ3v) is 4.96. The van der Waals surface area contributed by atoms with Crippen LogP contribution in [-0.4, -0.2) is 17.6 Å². The molecule has 2 nitrogen and oxygen atoms in total. The fourth-order valence-corrected chi connectivity index (χ4v) is 3.85. The Hall–Kier alpha value is -0.410. The summed E-state index contributed by atoms with van der Waals surface area (Å²) in [6.07, 6.45) is 7.96. The SMILES string of the molecule is Cc1sc(CC2CCCN2)nc1C1CCC1. The van der Waals surface area contributed by atoms with Crippen molar-refractivity contribution >= 4 is 11.3 Å². The molecule has 0 bridgehead atoms. The van der Waals surface area contributed by atoms with Gasteiger partial charge in [-0.25, -0.2) is 4.98 Å². The van der Waals surface area contributed by atoms with Gasteiger partial charge in [0.1, 0.15) is 0 Å². The number of hydrogen-bond acceptors (Lipinski definition) is 3. The molecule has 1 aromatic heterocycles. The molecule has 3 rings (SSSR count). The molecule has 2 fully saturated rings. The molecule has 2 aliphatic rings. The molecule has 1 saturated carbocycles. The van der Waals surface area contributed by atoms with Gasteiger partial charge in [0.15, 0.2) is 0 Å². The summed E-state index contributed by atoms with van der Waals surface area (Å²) in [6.45, 7) is 3.45. The number of aryl methyl sites for hydroxylation is 1. The van der Waals surface area contributed by atoms with Crippen LogP contribution in [0.2, 0.25) is 0 Å². The average Bonchev–Trinajstić information content (AvgIpc) is 2.76. The summed E-state index contributed by atoms with van der Waals surface area (Å²) in [6, 6.07) is 0.694. The van der Waals surface area contributed by atoms with Crippen molar-refractivity contribution in [2.75, 3.05) is 6.54 Å². The molecule has 0 amide bonds. The first-order valence-electron chi connectivity index (χ1n) is 6.52. The smallest absolute Gasteiger partial charge is 0.0946 e. The minimum absolute atomic E-state index is 0.694. The summed E-state index contributed by atoms with van der Waals surface area (Å²) < 4.78 is 0. The number of hydrogen-bond donors (Lipinski definition) is 1. The molecular weight excluding hydrogens is 216 g/mol. The number of aromatic nitrogens is 1. The molecule has 1 unspecified atom stereocenters. The highest BCUT2D eigenvalue weighted by Gasteiger charge is 2.25. The molecule has 1 aromatic rings. The first kappa shape index (κ1) is 10.7. The molecular formula is C13H20N2S. The Morgan fingerprint density at radius 3 is 2.81 bits per heavy atom. The quantitative estimate of drug-likeness (QED) is 0.872. The standard InChI is InChI=1S/C13H20N2S/c1-9-13(10-4-2-5-10)15-12(16-9)8-11-6-3-7-14-11/h10-11,14H,2-8H2,1H3. The van der Waals surface area contributed by atoms with E-state index in [9.17, 15) is 0 Å². The Kier molecular flexibility index (Phi) is 2.99. The van der Waals surface area contributed by atoms with E-state index in [4.69, 9.17) is 4.98 Å². The second-order valence-electron chi connectivity index (χ2n) is 5.17. The van der Waals surface area contributed by atoms with Crippen molar-refractivity contribution in [3.8, 4) is 0 Å². The van der Waals surface area contributed by atoms with E-state index < -0.39 is 0 Å². The Morgan fingerprint density at radius 2 is 2.19 bits per heavy atom. The lowest BCUT2D eigenvalue weighted by Crippen LogP contribution is -2.23. The molecule has 16 heavy (non-hydrogen) atoms. The molecule has 1 N–H and O–H groups in total. The van der Waals surface area contributed by atoms with E-state index in [1.54, 1.807) is 0 Å². The van der Waals surface area contributed by atoms with E-state index in [0.717, 1.165) is 12.3 Å². The number of nitrogens with one attached hydrogen (secondary N) is 1. The van der Waals surface area contributed by atoms with Crippen molar-refractivity contribution in [1.29, 1.82) is 0 Å².